The van der Waals surface area contributed by atoms with E-state index in [-0.39, 0.29) is 5.15 Å². The predicted octanol–water partition coefficient (Wildman–Crippen LogP) is 4.33. The van der Waals surface area contributed by atoms with Crippen molar-refractivity contribution in [2.45, 2.75) is 13.3 Å². The quantitative estimate of drug-likeness (QED) is 0.514. The van der Waals surface area contributed by atoms with Crippen molar-refractivity contribution in [3.63, 3.8) is 0 Å². The van der Waals surface area contributed by atoms with Gasteiger partial charge in [-0.25, -0.2) is 14.7 Å². The summed E-state index contributed by atoms with van der Waals surface area (Å²) >= 11 is 6.31. The highest BCUT2D eigenvalue weighted by molar-refractivity contribution is 6.30. The van der Waals surface area contributed by atoms with Crippen LogP contribution in [-0.4, -0.2) is 32.4 Å². The first-order valence-electron chi connectivity index (χ1n) is 7.95. The minimum absolute atomic E-state index is 0.213. The van der Waals surface area contributed by atoms with Gasteiger partial charge in [0.1, 0.15) is 10.9 Å². The van der Waals surface area contributed by atoms with E-state index in [0.717, 1.165) is 4.90 Å². The van der Waals surface area contributed by atoms with Gasteiger partial charge in [0.15, 0.2) is 11.5 Å². The molecule has 0 spiro atoms. The average Bonchev–Trinajstić information content (AvgIpc) is 3.07. The molecule has 8 heteroatoms. The number of rotatable bonds is 6. The maximum Gasteiger partial charge on any atom is 0.417 e. The van der Waals surface area contributed by atoms with E-state index in [1.54, 1.807) is 36.4 Å². The molecular weight excluding hydrogens is 356 g/mol. The Bertz CT molecular complexity index is 953. The van der Waals surface area contributed by atoms with E-state index in [2.05, 4.69) is 16.7 Å². The van der Waals surface area contributed by atoms with Crippen molar-refractivity contribution >= 4 is 34.8 Å². The summed E-state index contributed by atoms with van der Waals surface area (Å²) in [5.41, 5.74) is 1.41. The second-order valence-electron chi connectivity index (χ2n) is 5.34. The molecule has 0 unspecified atom stereocenters. The number of carboxylic acid groups (broad SMARTS) is 1. The number of anilines is 2. The van der Waals surface area contributed by atoms with Crippen molar-refractivity contribution in [3.05, 3.63) is 59.9 Å². The number of aromatic nitrogens is 3. The summed E-state index contributed by atoms with van der Waals surface area (Å²) in [7, 11) is 0. The molecule has 0 aliphatic rings. The van der Waals surface area contributed by atoms with E-state index in [1.165, 1.54) is 10.7 Å². The van der Waals surface area contributed by atoms with Crippen LogP contribution < -0.4 is 9.64 Å². The summed E-state index contributed by atoms with van der Waals surface area (Å²) in [5.74, 6) is 0.964. The number of hydrogen-bond donors (Lipinski definition) is 1. The first kappa shape index (κ1) is 17.8. The third kappa shape index (κ3) is 3.21. The van der Waals surface area contributed by atoms with Crippen LogP contribution in [0.4, 0.5) is 16.3 Å². The maximum absolute atomic E-state index is 12.1. The molecule has 1 aromatic carbocycles. The van der Waals surface area contributed by atoms with E-state index in [1.807, 2.05) is 6.92 Å². The number of allylic oxidation sites excluding steroid dienone is 1. The highest BCUT2D eigenvalue weighted by atomic mass is 35.5. The zero-order chi connectivity index (χ0) is 18.7. The van der Waals surface area contributed by atoms with Crippen molar-refractivity contribution in [2.75, 3.05) is 11.5 Å². The molecule has 0 radical (unpaired) electrons. The van der Waals surface area contributed by atoms with Crippen LogP contribution >= 0.6 is 11.6 Å². The predicted molar refractivity (Wildman–Crippen MR) is 99.7 cm³/mol. The van der Waals surface area contributed by atoms with Gasteiger partial charge >= 0.3 is 6.09 Å². The highest BCUT2D eigenvalue weighted by Crippen LogP contribution is 2.34. The van der Waals surface area contributed by atoms with Crippen LogP contribution in [0.5, 0.6) is 5.75 Å². The fraction of sp³-hybridized carbons (Fsp3) is 0.167. The molecule has 0 aliphatic heterocycles. The minimum Gasteiger partial charge on any atom is -0.494 e. The maximum atomic E-state index is 12.1. The monoisotopic (exact) mass is 372 g/mol. The molecule has 1 amide bonds. The van der Waals surface area contributed by atoms with Crippen LogP contribution in [0.1, 0.15) is 12.5 Å². The van der Waals surface area contributed by atoms with E-state index in [0.29, 0.717) is 41.5 Å². The molecule has 2 heterocycles. The lowest BCUT2D eigenvalue weighted by atomic mass is 10.2. The molecule has 3 rings (SSSR count). The second-order valence-corrected chi connectivity index (χ2v) is 5.70. The van der Waals surface area contributed by atoms with Crippen molar-refractivity contribution in [3.8, 4) is 5.75 Å². The van der Waals surface area contributed by atoms with Crippen LogP contribution in [0.15, 0.2) is 49.2 Å². The number of fused-ring (bicyclic) bond motifs is 1. The van der Waals surface area contributed by atoms with Crippen molar-refractivity contribution < 1.29 is 14.6 Å². The van der Waals surface area contributed by atoms with E-state index in [4.69, 9.17) is 16.3 Å². The average molecular weight is 373 g/mol. The molecule has 7 nitrogen and oxygen atoms in total. The fourth-order valence-electron chi connectivity index (χ4n) is 2.66. The van der Waals surface area contributed by atoms with Crippen molar-refractivity contribution in [1.82, 2.24) is 14.6 Å². The molecule has 0 atom stereocenters. The lowest BCUT2D eigenvalue weighted by molar-refractivity contribution is 0.204. The Balaban J connectivity index is 2.22. The summed E-state index contributed by atoms with van der Waals surface area (Å²) < 4.78 is 6.87. The van der Waals surface area contributed by atoms with Gasteiger partial charge in [0, 0.05) is 11.6 Å². The topological polar surface area (TPSA) is 80.0 Å². The van der Waals surface area contributed by atoms with Gasteiger partial charge < -0.3 is 9.84 Å². The summed E-state index contributed by atoms with van der Waals surface area (Å²) in [6.07, 6.45) is 2.36. The first-order valence-corrected chi connectivity index (χ1v) is 8.33. The van der Waals surface area contributed by atoms with Gasteiger partial charge in [-0.15, -0.1) is 6.58 Å². The molecule has 2 aromatic heterocycles. The van der Waals surface area contributed by atoms with E-state index >= 15 is 0 Å². The molecule has 26 heavy (non-hydrogen) atoms. The largest absolute Gasteiger partial charge is 0.494 e. The third-order valence-electron chi connectivity index (χ3n) is 3.71. The molecule has 0 saturated carbocycles. The van der Waals surface area contributed by atoms with Gasteiger partial charge in [0.25, 0.3) is 0 Å². The molecule has 0 fully saturated rings. The lowest BCUT2D eigenvalue weighted by Crippen LogP contribution is -2.27. The smallest absolute Gasteiger partial charge is 0.417 e. The number of halogens is 1. The normalized spacial score (nSPS) is 10.7. The van der Waals surface area contributed by atoms with Crippen molar-refractivity contribution in [2.24, 2.45) is 0 Å². The Morgan fingerprint density at radius 1 is 1.38 bits per heavy atom. The number of carbonyl (C=O) groups is 1. The Morgan fingerprint density at radius 2 is 2.12 bits per heavy atom. The minimum atomic E-state index is -1.17. The molecule has 0 saturated heterocycles. The van der Waals surface area contributed by atoms with Gasteiger partial charge in [-0.05, 0) is 37.6 Å². The molecule has 134 valence electrons. The molecular formula is C18H17ClN4O3. The fourth-order valence-corrected chi connectivity index (χ4v) is 2.91. The summed E-state index contributed by atoms with van der Waals surface area (Å²) in [6.45, 7) is 6.12. The lowest BCUT2D eigenvalue weighted by Gasteiger charge is -2.23. The summed E-state index contributed by atoms with van der Waals surface area (Å²) in [4.78, 5) is 17.5. The SMILES string of the molecule is C=CCc1c(Cl)nc2ccnn2c1N(C(=O)O)c1ccc(OCC)cc1. The zero-order valence-electron chi connectivity index (χ0n) is 14.1. The summed E-state index contributed by atoms with van der Waals surface area (Å²) in [5, 5.41) is 14.3. The number of ether oxygens (including phenoxy) is 1. The van der Waals surface area contributed by atoms with Gasteiger partial charge in [0.2, 0.25) is 0 Å². The molecule has 0 aliphatic carbocycles. The van der Waals surface area contributed by atoms with Gasteiger partial charge in [-0.1, -0.05) is 17.7 Å². The van der Waals surface area contributed by atoms with Gasteiger partial charge in [-0.2, -0.15) is 9.61 Å². The Kier molecular flexibility index (Phi) is 5.09. The van der Waals surface area contributed by atoms with E-state index < -0.39 is 6.09 Å². The highest BCUT2D eigenvalue weighted by Gasteiger charge is 2.26. The molecule has 3 aromatic rings. The first-order chi connectivity index (χ1) is 12.6. The Morgan fingerprint density at radius 3 is 2.73 bits per heavy atom. The Labute approximate surface area is 155 Å². The standard InChI is InChI=1S/C18H17ClN4O3/c1-3-5-14-16(19)21-15-10-11-20-23(15)17(14)22(18(24)25)12-6-8-13(9-7-12)26-4-2/h3,6-11H,1,4-5H2,2H3,(H,24,25). The van der Waals surface area contributed by atoms with Gasteiger partial charge in [-0.3, -0.25) is 0 Å². The number of hydrogen-bond acceptors (Lipinski definition) is 4. The van der Waals surface area contributed by atoms with Crippen molar-refractivity contribution in [1.29, 1.82) is 0 Å². The van der Waals surface area contributed by atoms with Crippen LogP contribution in [-0.2, 0) is 6.42 Å². The zero-order valence-corrected chi connectivity index (χ0v) is 14.8. The summed E-state index contributed by atoms with van der Waals surface area (Å²) in [6, 6.07) is 8.42. The third-order valence-corrected chi connectivity index (χ3v) is 4.03. The number of benzene rings is 1. The van der Waals surface area contributed by atoms with Crippen LogP contribution in [0, 0.1) is 0 Å². The van der Waals surface area contributed by atoms with Crippen LogP contribution in [0.2, 0.25) is 5.15 Å². The second kappa shape index (κ2) is 7.45. The molecule has 1 N–H and O–H groups in total. The number of nitrogens with zero attached hydrogens (tertiary/aromatic N) is 4. The number of amides is 1. The van der Waals surface area contributed by atoms with Gasteiger partial charge in [0.05, 0.1) is 18.5 Å². The Hall–Kier alpha value is -3.06. The van der Waals surface area contributed by atoms with Crippen LogP contribution in [0.25, 0.3) is 5.65 Å². The molecule has 0 bridgehead atoms. The van der Waals surface area contributed by atoms with E-state index in [9.17, 15) is 9.90 Å². The van der Waals surface area contributed by atoms with Crippen LogP contribution in [0.3, 0.4) is 0 Å².